The summed E-state index contributed by atoms with van der Waals surface area (Å²) in [6.45, 7) is 5.11. The minimum Gasteiger partial charge on any atom is -0.398 e. The van der Waals surface area contributed by atoms with Crippen molar-refractivity contribution < 1.29 is 4.79 Å². The highest BCUT2D eigenvalue weighted by Gasteiger charge is 2.14. The van der Waals surface area contributed by atoms with Gasteiger partial charge in [0.25, 0.3) is 0 Å². The number of carbonyl (C=O) groups is 1. The minimum atomic E-state index is 0.725. The van der Waals surface area contributed by atoms with Crippen LogP contribution >= 0.6 is 15.9 Å². The van der Waals surface area contributed by atoms with Gasteiger partial charge in [-0.25, -0.2) is 0 Å². The first-order valence-electron chi connectivity index (χ1n) is 6.66. The van der Waals surface area contributed by atoms with Gasteiger partial charge >= 0.3 is 0 Å². The van der Waals surface area contributed by atoms with E-state index >= 15 is 0 Å². The van der Waals surface area contributed by atoms with Crippen LogP contribution in [0.4, 0.5) is 5.69 Å². The molecule has 2 N–H and O–H groups in total. The fraction of sp³-hybridized carbons (Fsp3) is 0.429. The summed E-state index contributed by atoms with van der Waals surface area (Å²) in [7, 11) is 0. The molecule has 1 saturated heterocycles. The van der Waals surface area contributed by atoms with Crippen LogP contribution in [0.5, 0.6) is 0 Å². The number of nitrogens with zero attached hydrogens (tertiary/aromatic N) is 3. The lowest BCUT2D eigenvalue weighted by Crippen LogP contribution is -2.46. The second-order valence-corrected chi connectivity index (χ2v) is 5.62. The van der Waals surface area contributed by atoms with Gasteiger partial charge in [-0.05, 0) is 12.1 Å². The van der Waals surface area contributed by atoms with Gasteiger partial charge in [0, 0.05) is 54.7 Å². The van der Waals surface area contributed by atoms with Crippen LogP contribution in [0.25, 0.3) is 0 Å². The number of halogens is 1. The Kier molecular flexibility index (Phi) is 5.55. The molecule has 1 aliphatic heterocycles. The van der Waals surface area contributed by atoms with Crippen LogP contribution in [0.15, 0.2) is 27.7 Å². The van der Waals surface area contributed by atoms with Crippen LogP contribution in [0.1, 0.15) is 5.56 Å². The molecule has 0 spiro atoms. The zero-order chi connectivity index (χ0) is 14.4. The van der Waals surface area contributed by atoms with Gasteiger partial charge in [0.15, 0.2) is 0 Å². The number of anilines is 1. The first-order chi connectivity index (χ1) is 9.70. The number of carbonyl (C=O) groups excluding carboxylic acids is 1. The van der Waals surface area contributed by atoms with Crippen molar-refractivity contribution in [2.45, 2.75) is 0 Å². The highest BCUT2D eigenvalue weighted by atomic mass is 79.9. The predicted molar refractivity (Wildman–Crippen MR) is 85.1 cm³/mol. The number of benzene rings is 1. The van der Waals surface area contributed by atoms with E-state index in [1.165, 1.54) is 0 Å². The number of piperazine rings is 1. The maximum absolute atomic E-state index is 10.6. The van der Waals surface area contributed by atoms with Crippen LogP contribution in [-0.2, 0) is 4.79 Å². The molecule has 0 aromatic heterocycles. The van der Waals surface area contributed by atoms with E-state index in [1.54, 1.807) is 0 Å². The van der Waals surface area contributed by atoms with E-state index in [-0.39, 0.29) is 0 Å². The van der Waals surface area contributed by atoms with Crippen LogP contribution in [0.2, 0.25) is 0 Å². The van der Waals surface area contributed by atoms with Crippen molar-refractivity contribution in [1.29, 1.82) is 0 Å². The largest absolute Gasteiger partial charge is 0.398 e. The molecule has 1 aromatic rings. The van der Waals surface area contributed by atoms with Crippen LogP contribution in [0, 0.1) is 0 Å². The van der Waals surface area contributed by atoms with E-state index < -0.39 is 0 Å². The lowest BCUT2D eigenvalue weighted by molar-refractivity contribution is -0.119. The number of hydrogen-bond acceptors (Lipinski definition) is 4. The highest BCUT2D eigenvalue weighted by Crippen LogP contribution is 2.20. The van der Waals surface area contributed by atoms with Gasteiger partial charge in [0.2, 0.25) is 6.41 Å². The second kappa shape index (κ2) is 7.40. The molecule has 0 saturated carbocycles. The number of nitrogen functional groups attached to an aromatic ring is 1. The van der Waals surface area contributed by atoms with Crippen molar-refractivity contribution in [3.8, 4) is 0 Å². The summed E-state index contributed by atoms with van der Waals surface area (Å²) < 4.78 is 0.959. The highest BCUT2D eigenvalue weighted by molar-refractivity contribution is 9.10. The predicted octanol–water partition coefficient (Wildman–Crippen LogP) is 1.22. The van der Waals surface area contributed by atoms with Gasteiger partial charge in [-0.2, -0.15) is 0 Å². The zero-order valence-electron chi connectivity index (χ0n) is 11.3. The summed E-state index contributed by atoms with van der Waals surface area (Å²) in [5.74, 6) is 0. The third-order valence-corrected chi connectivity index (χ3v) is 4.10. The molecule has 5 nitrogen and oxygen atoms in total. The normalized spacial score (nSPS) is 16.8. The Labute approximate surface area is 127 Å². The summed E-state index contributed by atoms with van der Waals surface area (Å²) in [5.41, 5.74) is 7.56. The molecule has 0 aliphatic carbocycles. The Morgan fingerprint density at radius 3 is 2.70 bits per heavy atom. The molecule has 0 unspecified atom stereocenters. The lowest BCUT2D eigenvalue weighted by Gasteiger charge is -2.31. The zero-order valence-corrected chi connectivity index (χ0v) is 12.9. The van der Waals surface area contributed by atoms with E-state index in [0.29, 0.717) is 0 Å². The van der Waals surface area contributed by atoms with Crippen LogP contribution in [-0.4, -0.2) is 61.7 Å². The second-order valence-electron chi connectivity index (χ2n) is 4.76. The smallest absolute Gasteiger partial charge is 0.209 e. The molecule has 0 atom stereocenters. The molecule has 1 aromatic carbocycles. The number of aliphatic imine (C=N–C) groups is 1. The van der Waals surface area contributed by atoms with E-state index in [0.717, 1.165) is 61.4 Å². The van der Waals surface area contributed by atoms with Crippen LogP contribution in [0.3, 0.4) is 0 Å². The molecular formula is C14H19BrN4O. The lowest BCUT2D eigenvalue weighted by atomic mass is 10.2. The SMILES string of the molecule is Nc1cccc(Br)c1C=NCCN1CCN(C=O)CC1. The molecule has 1 heterocycles. The Balaban J connectivity index is 1.79. The quantitative estimate of drug-likeness (QED) is 0.499. The third kappa shape index (κ3) is 4.05. The van der Waals surface area contributed by atoms with E-state index in [4.69, 9.17) is 5.73 Å². The van der Waals surface area contributed by atoms with Crippen molar-refractivity contribution >= 4 is 34.2 Å². The topological polar surface area (TPSA) is 61.9 Å². The molecular weight excluding hydrogens is 320 g/mol. The van der Waals surface area contributed by atoms with Crippen molar-refractivity contribution in [1.82, 2.24) is 9.80 Å². The molecule has 1 amide bonds. The van der Waals surface area contributed by atoms with Gasteiger partial charge < -0.3 is 10.6 Å². The molecule has 6 heteroatoms. The van der Waals surface area contributed by atoms with Crippen molar-refractivity contribution in [3.63, 3.8) is 0 Å². The van der Waals surface area contributed by atoms with Gasteiger partial charge in [0.1, 0.15) is 0 Å². The first kappa shape index (κ1) is 15.0. The number of amides is 1. The maximum Gasteiger partial charge on any atom is 0.209 e. The molecule has 20 heavy (non-hydrogen) atoms. The summed E-state index contributed by atoms with van der Waals surface area (Å²) in [6, 6.07) is 5.73. The Morgan fingerprint density at radius 2 is 2.05 bits per heavy atom. The summed E-state index contributed by atoms with van der Waals surface area (Å²) >= 11 is 3.47. The average Bonchev–Trinajstić information content (AvgIpc) is 2.46. The van der Waals surface area contributed by atoms with Crippen molar-refractivity contribution in [2.75, 3.05) is 45.0 Å². The Morgan fingerprint density at radius 1 is 1.30 bits per heavy atom. The summed E-state index contributed by atoms with van der Waals surface area (Å²) in [6.07, 6.45) is 2.74. The van der Waals surface area contributed by atoms with E-state index in [9.17, 15) is 4.79 Å². The maximum atomic E-state index is 10.6. The monoisotopic (exact) mass is 338 g/mol. The Bertz CT molecular complexity index is 464. The van der Waals surface area contributed by atoms with Crippen LogP contribution < -0.4 is 5.73 Å². The molecule has 108 valence electrons. The first-order valence-corrected chi connectivity index (χ1v) is 7.45. The fourth-order valence-electron chi connectivity index (χ4n) is 2.14. The van der Waals surface area contributed by atoms with E-state index in [1.807, 2.05) is 29.3 Å². The fourth-order valence-corrected chi connectivity index (χ4v) is 2.62. The summed E-state index contributed by atoms with van der Waals surface area (Å²) in [5, 5.41) is 0. The number of hydrogen-bond donors (Lipinski definition) is 1. The molecule has 1 aliphatic rings. The van der Waals surface area contributed by atoms with E-state index in [2.05, 4.69) is 25.8 Å². The molecule has 1 fully saturated rings. The number of rotatable bonds is 5. The van der Waals surface area contributed by atoms with Gasteiger partial charge in [-0.15, -0.1) is 0 Å². The minimum absolute atomic E-state index is 0.725. The average molecular weight is 339 g/mol. The van der Waals surface area contributed by atoms with Gasteiger partial charge in [0.05, 0.1) is 6.54 Å². The Hall–Kier alpha value is -1.40. The third-order valence-electron chi connectivity index (χ3n) is 3.41. The van der Waals surface area contributed by atoms with Gasteiger partial charge in [-0.1, -0.05) is 22.0 Å². The molecule has 0 bridgehead atoms. The summed E-state index contributed by atoms with van der Waals surface area (Å²) in [4.78, 5) is 19.2. The van der Waals surface area contributed by atoms with Crippen molar-refractivity contribution in [2.24, 2.45) is 4.99 Å². The standard InChI is InChI=1S/C14H19BrN4O/c15-13-2-1-3-14(16)12(13)10-17-4-5-18-6-8-19(11-20)9-7-18/h1-3,10-11H,4-9,16H2. The molecule has 2 rings (SSSR count). The molecule has 0 radical (unpaired) electrons. The van der Waals surface area contributed by atoms with Crippen molar-refractivity contribution in [3.05, 3.63) is 28.2 Å². The number of nitrogens with two attached hydrogens (primary N) is 1. The van der Waals surface area contributed by atoms with Gasteiger partial charge in [-0.3, -0.25) is 14.7 Å².